The van der Waals surface area contributed by atoms with Gasteiger partial charge in [-0.05, 0) is 116 Å². The molecule has 4 aliphatic rings. The van der Waals surface area contributed by atoms with Gasteiger partial charge in [0, 0.05) is 76.4 Å². The number of carboxylic acid groups (broad SMARTS) is 1. The van der Waals surface area contributed by atoms with Gasteiger partial charge in [0.25, 0.3) is 0 Å². The average molecular weight is 1120 g/mol. The van der Waals surface area contributed by atoms with Gasteiger partial charge in [0.15, 0.2) is 17.4 Å². The Morgan fingerprint density at radius 1 is 0.560 bits per heavy atom. The maximum atomic E-state index is 12.6. The van der Waals surface area contributed by atoms with E-state index in [-0.39, 0.29) is 42.9 Å². The van der Waals surface area contributed by atoms with E-state index >= 15 is 0 Å². The van der Waals surface area contributed by atoms with Gasteiger partial charge in [-0.15, -0.1) is 0 Å². The maximum Gasteiger partial charge on any atom is 0.335 e. The molecule has 0 radical (unpaired) electrons. The number of Topliss-reactive ketones (excluding diaryl/α,β-unsaturated/α-hetero) is 1. The summed E-state index contributed by atoms with van der Waals surface area (Å²) in [6, 6.07) is 56.3. The van der Waals surface area contributed by atoms with E-state index in [1.54, 1.807) is 24.5 Å². The van der Waals surface area contributed by atoms with Gasteiger partial charge in [0.05, 0.1) is 57.7 Å². The highest BCUT2D eigenvalue weighted by atomic mass is 16.4. The molecule has 15 nitrogen and oxygen atoms in total. The number of pyridine rings is 2. The van der Waals surface area contributed by atoms with Gasteiger partial charge in [-0.2, -0.15) is 0 Å². The Kier molecular flexibility index (Phi) is 16.0. The van der Waals surface area contributed by atoms with Crippen LogP contribution in [-0.4, -0.2) is 75.9 Å². The summed E-state index contributed by atoms with van der Waals surface area (Å²) >= 11 is 0. The van der Waals surface area contributed by atoms with E-state index in [9.17, 15) is 14.7 Å². The minimum Gasteiger partial charge on any atom is -0.478 e. The topological polar surface area (TPSA) is 232 Å². The molecule has 2 aliphatic carbocycles. The number of hydrogen-bond acceptors (Lipinski definition) is 12. The van der Waals surface area contributed by atoms with E-state index in [2.05, 4.69) is 109 Å². The highest BCUT2D eigenvalue weighted by Gasteiger charge is 2.36. The number of carbonyl (C=O) groups excluding carboxylic acids is 1. The molecule has 0 unspecified atom stereocenters. The summed E-state index contributed by atoms with van der Waals surface area (Å²) in [6.07, 6.45) is 11.2. The summed E-state index contributed by atoms with van der Waals surface area (Å²) in [5, 5.41) is 33.3. The molecule has 84 heavy (non-hydrogen) atoms. The van der Waals surface area contributed by atoms with Crippen molar-refractivity contribution in [2.75, 3.05) is 30.4 Å². The van der Waals surface area contributed by atoms with Crippen molar-refractivity contribution >= 4 is 34.8 Å². The fourth-order valence-corrected chi connectivity index (χ4v) is 11.6. The van der Waals surface area contributed by atoms with E-state index < -0.39 is 5.97 Å². The van der Waals surface area contributed by atoms with Crippen molar-refractivity contribution in [2.24, 2.45) is 11.5 Å². The van der Waals surface area contributed by atoms with Crippen LogP contribution in [0.3, 0.4) is 0 Å². The lowest BCUT2D eigenvalue weighted by atomic mass is 9.66. The molecule has 9 N–H and O–H groups in total. The van der Waals surface area contributed by atoms with Gasteiger partial charge in [0.1, 0.15) is 11.6 Å². The van der Waals surface area contributed by atoms with Crippen LogP contribution in [0.5, 0.6) is 0 Å². The van der Waals surface area contributed by atoms with E-state index in [4.69, 9.17) is 31.6 Å². The molecule has 4 aromatic heterocycles. The molecule has 424 valence electrons. The number of nitrogens with zero attached hydrogens (tertiary/aromatic N) is 6. The molecule has 15 heteroatoms. The Morgan fingerprint density at radius 3 is 1.42 bits per heavy atom. The van der Waals surface area contributed by atoms with Crippen molar-refractivity contribution in [2.45, 2.75) is 76.7 Å². The SMILES string of the molecule is C.CC1(c2ccc(-c3c(-c4ccc(C(=O)O)cc4)nc4n3-c3cccnc3Nc3ccccc3-4)cc2)CCC1.NC1(c2ccc(-c3c(-c4ccc(C(=O)CCCO)cc4)nc4n3-c3cccnc3Nc3ccccc3-4)cc2)CCC1.NCCO. The van der Waals surface area contributed by atoms with Gasteiger partial charge in [0.2, 0.25) is 0 Å². The number of para-hydroxylation sites is 2. The number of imidazole rings is 2. The second-order valence-electron chi connectivity index (χ2n) is 21.8. The number of carbonyl (C=O) groups is 2. The van der Waals surface area contributed by atoms with Crippen molar-refractivity contribution in [3.05, 3.63) is 205 Å². The number of aromatic nitrogens is 6. The Balaban J connectivity index is 0.000000163. The van der Waals surface area contributed by atoms with Crippen LogP contribution in [-0.2, 0) is 11.0 Å². The molecular weight excluding hydrogens is 1050 g/mol. The summed E-state index contributed by atoms with van der Waals surface area (Å²) in [7, 11) is 0. The van der Waals surface area contributed by atoms with Crippen molar-refractivity contribution in [1.82, 2.24) is 29.1 Å². The summed E-state index contributed by atoms with van der Waals surface area (Å²) < 4.78 is 4.37. The highest BCUT2D eigenvalue weighted by molar-refractivity contribution is 5.97. The number of rotatable bonds is 12. The summed E-state index contributed by atoms with van der Waals surface area (Å²) in [6.45, 7) is 2.82. The van der Waals surface area contributed by atoms with Gasteiger partial charge < -0.3 is 37.4 Å². The fraction of sp³-hybridized carbons (Fsp3) is 0.217. The fourth-order valence-electron chi connectivity index (χ4n) is 11.6. The quantitative estimate of drug-likeness (QED) is 0.0565. The molecule has 0 amide bonds. The molecule has 0 bridgehead atoms. The number of aromatic carboxylic acids is 1. The number of nitrogens with two attached hydrogens (primary N) is 2. The van der Waals surface area contributed by atoms with Gasteiger partial charge in [-0.1, -0.05) is 130 Å². The van der Waals surface area contributed by atoms with Crippen molar-refractivity contribution in [3.8, 4) is 79.2 Å². The van der Waals surface area contributed by atoms with Crippen molar-refractivity contribution in [3.63, 3.8) is 0 Å². The van der Waals surface area contributed by atoms with Crippen LogP contribution in [0.25, 0.3) is 79.2 Å². The molecule has 2 saturated carbocycles. The van der Waals surface area contributed by atoms with Crippen LogP contribution in [0.15, 0.2) is 182 Å². The third-order valence-electron chi connectivity index (χ3n) is 16.5. The Labute approximate surface area is 488 Å². The Hall–Kier alpha value is -9.38. The monoisotopic (exact) mass is 1120 g/mol. The number of aliphatic hydroxyl groups excluding tert-OH is 2. The average Bonchev–Trinajstić information content (AvgIpc) is 2.26. The van der Waals surface area contributed by atoms with E-state index in [1.807, 2.05) is 84.9 Å². The third-order valence-corrected chi connectivity index (χ3v) is 16.5. The summed E-state index contributed by atoms with van der Waals surface area (Å²) in [5.74, 6) is 2.20. The molecule has 10 aromatic rings. The smallest absolute Gasteiger partial charge is 0.335 e. The van der Waals surface area contributed by atoms with Gasteiger partial charge in [-0.3, -0.25) is 13.9 Å². The first-order valence-electron chi connectivity index (χ1n) is 28.3. The van der Waals surface area contributed by atoms with Crippen LogP contribution in [0.1, 0.15) is 97.6 Å². The number of ketones is 1. The number of benzene rings is 6. The second kappa shape index (κ2) is 23.8. The van der Waals surface area contributed by atoms with Crippen molar-refractivity contribution < 1.29 is 24.9 Å². The minimum atomic E-state index is -0.947. The minimum absolute atomic E-state index is 0. The molecule has 0 saturated heterocycles. The van der Waals surface area contributed by atoms with E-state index in [1.165, 1.54) is 24.8 Å². The first-order valence-corrected chi connectivity index (χ1v) is 28.3. The second-order valence-corrected chi connectivity index (χ2v) is 21.8. The Morgan fingerprint density at radius 2 is 1.00 bits per heavy atom. The first kappa shape index (κ1) is 56.5. The van der Waals surface area contributed by atoms with Crippen LogP contribution < -0.4 is 22.1 Å². The molecule has 14 rings (SSSR count). The predicted octanol–water partition coefficient (Wildman–Crippen LogP) is 13.7. The number of nitrogens with one attached hydrogen (secondary N) is 2. The zero-order valence-electron chi connectivity index (χ0n) is 46.1. The number of fused-ring (bicyclic) bond motifs is 10. The number of anilines is 4. The summed E-state index contributed by atoms with van der Waals surface area (Å²) in [5.41, 5.74) is 27.8. The lowest BCUT2D eigenvalue weighted by Gasteiger charge is -2.39. The number of carboxylic acids is 1. The largest absolute Gasteiger partial charge is 0.478 e. The normalized spacial score (nSPS) is 14.2. The summed E-state index contributed by atoms with van der Waals surface area (Å²) in [4.78, 5) is 44.0. The molecule has 6 aromatic carbocycles. The highest BCUT2D eigenvalue weighted by Crippen LogP contribution is 2.49. The van der Waals surface area contributed by atoms with E-state index in [0.717, 1.165) is 127 Å². The molecular formula is C69H68N10O5. The molecule has 2 aliphatic heterocycles. The Bertz CT molecular complexity index is 4010. The first-order chi connectivity index (χ1) is 40.5. The lowest BCUT2D eigenvalue weighted by molar-refractivity contribution is 0.0696. The molecule has 2 fully saturated rings. The molecule has 6 heterocycles. The van der Waals surface area contributed by atoms with Crippen molar-refractivity contribution in [1.29, 1.82) is 0 Å². The predicted molar refractivity (Wildman–Crippen MR) is 333 cm³/mol. The van der Waals surface area contributed by atoms with Crippen LogP contribution in [0.4, 0.5) is 23.0 Å². The molecule has 0 spiro atoms. The lowest BCUT2D eigenvalue weighted by Crippen LogP contribution is -2.43. The van der Waals surface area contributed by atoms with Crippen LogP contribution in [0, 0.1) is 0 Å². The number of aliphatic hydroxyl groups is 2. The zero-order valence-corrected chi connectivity index (χ0v) is 46.1. The maximum absolute atomic E-state index is 12.6. The van der Waals surface area contributed by atoms with Crippen LogP contribution >= 0.6 is 0 Å². The van der Waals surface area contributed by atoms with E-state index in [0.29, 0.717) is 24.9 Å². The number of hydrogen-bond donors (Lipinski definition) is 7. The standard InChI is InChI=1S/C34H31N5O2.C32H26N4O2.C2H7NO.CH4/c35-34(18-5-19-34)25-16-14-24(15-17-25)31-30(23-12-10-22(11-13-23)29(41)9-4-21-40)38-33-26-6-1-2-7-27(26)37-32-28(39(31)33)8-3-20-36-32;1-32(17-5-18-32)23-15-13-21(14-16-23)28-27(20-9-11-22(12-10-20)31(37)38)35-30-24-6-2-3-7-25(24)34-29-26(36(28)30)8-4-19-33-29;3-1-2-4;/h1-3,6-8,10-17,20,40H,4-5,9,18-19,21,35H2,(H,36,37);2-4,6-16,19H,5,17-18H2,1H3,(H,33,34)(H,37,38);4H,1-3H2;1H4. The van der Waals surface area contributed by atoms with Gasteiger partial charge in [-0.25, -0.2) is 24.7 Å². The third kappa shape index (κ3) is 10.6. The zero-order chi connectivity index (χ0) is 57.2. The molecule has 0 atom stereocenters. The van der Waals surface area contributed by atoms with Gasteiger partial charge >= 0.3 is 5.97 Å². The van der Waals surface area contributed by atoms with Crippen LogP contribution in [0.2, 0.25) is 0 Å².